The number of benzene rings is 1. The molecule has 1 aliphatic rings. The first-order valence-corrected chi connectivity index (χ1v) is 7.98. The smallest absolute Gasteiger partial charge is 0.246 e. The maximum absolute atomic E-state index is 13.1. The van der Waals surface area contributed by atoms with Crippen LogP contribution in [-0.2, 0) is 10.0 Å². The van der Waals surface area contributed by atoms with Crippen molar-refractivity contribution < 1.29 is 12.8 Å². The number of nitrogens with zero attached hydrogens (tertiary/aromatic N) is 1. The van der Waals surface area contributed by atoms with Crippen molar-refractivity contribution in [1.29, 1.82) is 0 Å². The molecule has 0 saturated carbocycles. The normalized spacial score (nSPS) is 17.4. The highest BCUT2D eigenvalue weighted by Gasteiger charge is 2.29. The van der Waals surface area contributed by atoms with Gasteiger partial charge in [-0.25, -0.2) is 12.8 Å². The maximum Gasteiger partial charge on any atom is 0.246 e. The zero-order chi connectivity index (χ0) is 14.0. The van der Waals surface area contributed by atoms with Crippen LogP contribution in [0.2, 0.25) is 10.0 Å². The third-order valence-corrected chi connectivity index (χ3v) is 5.68. The van der Waals surface area contributed by atoms with Gasteiger partial charge in [0.2, 0.25) is 10.0 Å². The van der Waals surface area contributed by atoms with Gasteiger partial charge in [-0.1, -0.05) is 23.2 Å². The Morgan fingerprint density at radius 3 is 2.35 bits per heavy atom. The van der Waals surface area contributed by atoms with Crippen molar-refractivity contribution in [2.45, 2.75) is 11.3 Å². The van der Waals surface area contributed by atoms with Crippen LogP contribution >= 0.6 is 35.6 Å². The number of sulfonamides is 1. The molecule has 0 aliphatic carbocycles. The first-order valence-electron chi connectivity index (χ1n) is 5.78. The lowest BCUT2D eigenvalue weighted by atomic mass is 10.3. The standard InChI is InChI=1S/C11H13Cl2FN2O2S.ClH/c12-9-6-8(14)7-10(13)11(9)19(17,18)16-4-1-2-15-3-5-16;/h6-7,15H,1-5H2;1H. The second-order valence-electron chi connectivity index (χ2n) is 4.21. The molecule has 1 aliphatic heterocycles. The summed E-state index contributed by atoms with van der Waals surface area (Å²) in [5, 5.41) is 2.72. The zero-order valence-electron chi connectivity index (χ0n) is 10.4. The first kappa shape index (κ1) is 17.9. The quantitative estimate of drug-likeness (QED) is 0.878. The minimum Gasteiger partial charge on any atom is -0.315 e. The van der Waals surface area contributed by atoms with E-state index in [2.05, 4.69) is 5.32 Å². The Hall–Kier alpha value is -0.110. The molecule has 0 aromatic heterocycles. The van der Waals surface area contributed by atoms with Gasteiger partial charge in [-0.15, -0.1) is 12.4 Å². The molecule has 0 atom stereocenters. The molecule has 0 spiro atoms. The number of hydrogen-bond acceptors (Lipinski definition) is 3. The van der Waals surface area contributed by atoms with Crippen molar-refractivity contribution in [2.24, 2.45) is 0 Å². The molecule has 20 heavy (non-hydrogen) atoms. The lowest BCUT2D eigenvalue weighted by molar-refractivity contribution is 0.432. The third-order valence-electron chi connectivity index (χ3n) is 2.86. The van der Waals surface area contributed by atoms with E-state index in [4.69, 9.17) is 23.2 Å². The van der Waals surface area contributed by atoms with Crippen LogP contribution in [0.15, 0.2) is 17.0 Å². The third kappa shape index (κ3) is 3.75. The fourth-order valence-electron chi connectivity index (χ4n) is 1.97. The van der Waals surface area contributed by atoms with E-state index in [1.54, 1.807) is 0 Å². The van der Waals surface area contributed by atoms with Gasteiger partial charge in [0, 0.05) is 19.6 Å². The monoisotopic (exact) mass is 362 g/mol. The van der Waals surface area contributed by atoms with E-state index in [1.807, 2.05) is 0 Å². The van der Waals surface area contributed by atoms with E-state index in [9.17, 15) is 12.8 Å². The fourth-order valence-corrected chi connectivity index (χ4v) is 4.58. The highest BCUT2D eigenvalue weighted by atomic mass is 35.5. The Labute approximate surface area is 133 Å². The lowest BCUT2D eigenvalue weighted by Crippen LogP contribution is -2.34. The average molecular weight is 364 g/mol. The number of nitrogens with one attached hydrogen (secondary N) is 1. The van der Waals surface area contributed by atoms with Crippen molar-refractivity contribution in [2.75, 3.05) is 26.2 Å². The van der Waals surface area contributed by atoms with Crippen molar-refractivity contribution in [1.82, 2.24) is 9.62 Å². The molecule has 4 nitrogen and oxygen atoms in total. The predicted octanol–water partition coefficient (Wildman–Crippen LogP) is 2.54. The minimum atomic E-state index is -3.80. The molecule has 1 heterocycles. The van der Waals surface area contributed by atoms with Crippen LogP contribution in [0.1, 0.15) is 6.42 Å². The maximum atomic E-state index is 13.1. The van der Waals surface area contributed by atoms with Gasteiger partial charge in [0.1, 0.15) is 10.7 Å². The zero-order valence-corrected chi connectivity index (χ0v) is 13.5. The predicted molar refractivity (Wildman–Crippen MR) is 79.9 cm³/mol. The molecule has 1 fully saturated rings. The molecule has 1 aromatic rings. The number of halogens is 4. The summed E-state index contributed by atoms with van der Waals surface area (Å²) >= 11 is 11.7. The first-order chi connectivity index (χ1) is 8.93. The summed E-state index contributed by atoms with van der Waals surface area (Å²) in [7, 11) is -3.80. The topological polar surface area (TPSA) is 49.4 Å². The van der Waals surface area contributed by atoms with Crippen LogP contribution in [0.3, 0.4) is 0 Å². The summed E-state index contributed by atoms with van der Waals surface area (Å²) in [5.41, 5.74) is 0. The summed E-state index contributed by atoms with van der Waals surface area (Å²) in [6.07, 6.45) is 0.704. The van der Waals surface area contributed by atoms with Crippen LogP contribution in [-0.4, -0.2) is 38.9 Å². The minimum absolute atomic E-state index is 0. The number of hydrogen-bond donors (Lipinski definition) is 1. The molecule has 1 aromatic carbocycles. The van der Waals surface area contributed by atoms with Gasteiger partial charge >= 0.3 is 0 Å². The summed E-state index contributed by atoms with van der Waals surface area (Å²) in [6, 6.07) is 1.91. The molecule has 0 bridgehead atoms. The van der Waals surface area contributed by atoms with Crippen molar-refractivity contribution >= 4 is 45.6 Å². The van der Waals surface area contributed by atoms with E-state index >= 15 is 0 Å². The molecule has 114 valence electrons. The Morgan fingerprint density at radius 2 is 1.75 bits per heavy atom. The fraction of sp³-hybridized carbons (Fsp3) is 0.455. The van der Waals surface area contributed by atoms with E-state index < -0.39 is 15.8 Å². The van der Waals surface area contributed by atoms with E-state index in [-0.39, 0.29) is 27.3 Å². The van der Waals surface area contributed by atoms with Crippen LogP contribution in [0.5, 0.6) is 0 Å². The molecule has 2 rings (SSSR count). The summed E-state index contributed by atoms with van der Waals surface area (Å²) in [4.78, 5) is -0.223. The molecule has 9 heteroatoms. The van der Waals surface area contributed by atoms with Crippen molar-refractivity contribution in [3.63, 3.8) is 0 Å². The summed E-state index contributed by atoms with van der Waals surface area (Å²) in [5.74, 6) is -0.661. The Morgan fingerprint density at radius 1 is 1.15 bits per heavy atom. The van der Waals surface area contributed by atoms with E-state index in [1.165, 1.54) is 4.31 Å². The summed E-state index contributed by atoms with van der Waals surface area (Å²) < 4.78 is 39.4. The molecule has 0 radical (unpaired) electrons. The van der Waals surface area contributed by atoms with Crippen LogP contribution in [0.4, 0.5) is 4.39 Å². The van der Waals surface area contributed by atoms with Gasteiger partial charge in [0.25, 0.3) is 0 Å². The lowest BCUT2D eigenvalue weighted by Gasteiger charge is -2.21. The highest BCUT2D eigenvalue weighted by Crippen LogP contribution is 2.32. The molecule has 0 unspecified atom stereocenters. The Kier molecular flexibility index (Phi) is 6.50. The Balaban J connectivity index is 0.00000200. The molecular weight excluding hydrogens is 350 g/mol. The van der Waals surface area contributed by atoms with Gasteiger partial charge in [-0.3, -0.25) is 0 Å². The average Bonchev–Trinajstić information content (AvgIpc) is 2.55. The SMILES string of the molecule is Cl.O=S(=O)(c1c(Cl)cc(F)cc1Cl)N1CCCNCC1. The highest BCUT2D eigenvalue weighted by molar-refractivity contribution is 7.89. The van der Waals surface area contributed by atoms with Gasteiger partial charge in [-0.05, 0) is 25.1 Å². The summed E-state index contributed by atoms with van der Waals surface area (Å²) in [6.45, 7) is 2.05. The Bertz CT molecular complexity index is 552. The van der Waals surface area contributed by atoms with Crippen molar-refractivity contribution in [3.8, 4) is 0 Å². The van der Waals surface area contributed by atoms with Gasteiger partial charge in [-0.2, -0.15) is 4.31 Å². The van der Waals surface area contributed by atoms with Crippen LogP contribution in [0.25, 0.3) is 0 Å². The van der Waals surface area contributed by atoms with Gasteiger partial charge in [0.05, 0.1) is 10.0 Å². The molecule has 0 amide bonds. The van der Waals surface area contributed by atoms with E-state index in [0.29, 0.717) is 26.1 Å². The van der Waals surface area contributed by atoms with Crippen LogP contribution in [0, 0.1) is 5.82 Å². The molecular formula is C11H14Cl3FN2O2S. The van der Waals surface area contributed by atoms with Crippen LogP contribution < -0.4 is 5.32 Å². The van der Waals surface area contributed by atoms with Gasteiger partial charge in [0.15, 0.2) is 0 Å². The van der Waals surface area contributed by atoms with Gasteiger partial charge < -0.3 is 5.32 Å². The second kappa shape index (κ2) is 7.24. The van der Waals surface area contributed by atoms with E-state index in [0.717, 1.165) is 18.7 Å². The number of rotatable bonds is 2. The second-order valence-corrected chi connectivity index (χ2v) is 6.90. The molecule has 1 saturated heterocycles. The van der Waals surface area contributed by atoms with Crippen molar-refractivity contribution in [3.05, 3.63) is 28.0 Å². The molecule has 1 N–H and O–H groups in total. The largest absolute Gasteiger partial charge is 0.315 e.